The molecule has 3 aromatic carbocycles. The highest BCUT2D eigenvalue weighted by Gasteiger charge is 2.23. The van der Waals surface area contributed by atoms with E-state index in [9.17, 15) is 27.6 Å². The summed E-state index contributed by atoms with van der Waals surface area (Å²) in [6.07, 6.45) is 0. The summed E-state index contributed by atoms with van der Waals surface area (Å²) >= 11 is 0. The molecule has 3 aromatic rings. The second-order valence-electron chi connectivity index (χ2n) is 7.25. The average molecular weight is 495 g/mol. The second kappa shape index (κ2) is 11.6. The second-order valence-corrected chi connectivity index (χ2v) is 8.93. The van der Waals surface area contributed by atoms with Crippen molar-refractivity contribution in [2.45, 2.75) is 18.0 Å². The van der Waals surface area contributed by atoms with E-state index in [1.165, 1.54) is 12.1 Å². The lowest BCUT2D eigenvalue weighted by molar-refractivity contribution is -0.138. The van der Waals surface area contributed by atoms with Gasteiger partial charge in [0.2, 0.25) is 0 Å². The topological polar surface area (TPSA) is 151 Å². The van der Waals surface area contributed by atoms with Crippen LogP contribution in [0.2, 0.25) is 0 Å². The fraction of sp³-hybridized carbons (Fsp3) is 0.0833. The van der Waals surface area contributed by atoms with Gasteiger partial charge < -0.3 is 16.0 Å². The van der Waals surface area contributed by atoms with Crippen molar-refractivity contribution in [1.82, 2.24) is 15.4 Å². The number of sulfonamides is 1. The molecule has 4 N–H and O–H groups in total. The van der Waals surface area contributed by atoms with E-state index >= 15 is 0 Å². The van der Waals surface area contributed by atoms with E-state index in [4.69, 9.17) is 0 Å². The van der Waals surface area contributed by atoms with Crippen LogP contribution in [0.5, 0.6) is 0 Å². The maximum Gasteiger partial charge on any atom is 0.323 e. The number of carbonyl (C=O) groups is 4. The predicted octanol–water partition coefficient (Wildman–Crippen LogP) is 1.06. The first-order chi connectivity index (χ1) is 16.7. The standard InChI is InChI=1S/C24H22N4O6S/c29-21(25-15-17-7-3-1-4-8-17)23(31)27-19-11-13-20(14-12-19)35(33,34)28-24(32)22(30)26-16-18-9-5-2-6-10-18/h1-14H,15-16H2,(H,25,29)(H,26,30)(H,27,31)(H,28,32). The van der Waals surface area contributed by atoms with E-state index < -0.39 is 33.7 Å². The van der Waals surface area contributed by atoms with Gasteiger partial charge in [0.1, 0.15) is 0 Å². The van der Waals surface area contributed by atoms with Crippen molar-refractivity contribution in [3.63, 3.8) is 0 Å². The van der Waals surface area contributed by atoms with Crippen LogP contribution in [0.25, 0.3) is 0 Å². The smallest absolute Gasteiger partial charge is 0.323 e. The number of rotatable bonds is 7. The molecule has 0 aliphatic heterocycles. The Balaban J connectivity index is 1.51. The molecule has 4 amide bonds. The maximum absolute atomic E-state index is 12.4. The molecule has 0 aliphatic carbocycles. The fourth-order valence-electron chi connectivity index (χ4n) is 2.85. The van der Waals surface area contributed by atoms with E-state index in [1.807, 2.05) is 6.07 Å². The monoisotopic (exact) mass is 494 g/mol. The summed E-state index contributed by atoms with van der Waals surface area (Å²) in [4.78, 5) is 47.7. The molecule has 0 spiro atoms. The molecule has 35 heavy (non-hydrogen) atoms. The quantitative estimate of drug-likeness (QED) is 0.361. The van der Waals surface area contributed by atoms with Gasteiger partial charge >= 0.3 is 23.6 Å². The SMILES string of the molecule is O=C(NCc1ccccc1)C(=O)Nc1ccc(S(=O)(=O)NC(=O)C(=O)NCc2ccccc2)cc1. The normalized spacial score (nSPS) is 10.6. The van der Waals surface area contributed by atoms with Crippen molar-refractivity contribution < 1.29 is 27.6 Å². The van der Waals surface area contributed by atoms with Crippen LogP contribution in [0, 0.1) is 0 Å². The van der Waals surface area contributed by atoms with E-state index in [0.717, 1.165) is 23.3 Å². The van der Waals surface area contributed by atoms with Crippen molar-refractivity contribution in [2.75, 3.05) is 5.32 Å². The molecule has 11 heteroatoms. The zero-order valence-corrected chi connectivity index (χ0v) is 19.2. The van der Waals surface area contributed by atoms with Gasteiger partial charge in [0.05, 0.1) is 4.90 Å². The van der Waals surface area contributed by atoms with Crippen LogP contribution in [0.3, 0.4) is 0 Å². The maximum atomic E-state index is 12.4. The van der Waals surface area contributed by atoms with E-state index in [-0.39, 0.29) is 23.7 Å². The molecule has 0 saturated carbocycles. The minimum absolute atomic E-state index is 0.0560. The molecule has 0 unspecified atom stereocenters. The number of amides is 4. The molecular weight excluding hydrogens is 472 g/mol. The molecule has 0 saturated heterocycles. The molecule has 3 rings (SSSR count). The van der Waals surface area contributed by atoms with Crippen molar-refractivity contribution >= 4 is 39.3 Å². The molecule has 0 atom stereocenters. The highest BCUT2D eigenvalue weighted by molar-refractivity contribution is 7.90. The van der Waals surface area contributed by atoms with Gasteiger partial charge in [0.15, 0.2) is 0 Å². The molecule has 0 heterocycles. The molecule has 0 fully saturated rings. The van der Waals surface area contributed by atoms with Crippen molar-refractivity contribution in [3.8, 4) is 0 Å². The molecular formula is C24H22N4O6S. The summed E-state index contributed by atoms with van der Waals surface area (Å²) in [6.45, 7) is 0.226. The Bertz CT molecular complexity index is 1310. The van der Waals surface area contributed by atoms with Gasteiger partial charge in [0.25, 0.3) is 10.0 Å². The molecule has 0 radical (unpaired) electrons. The molecule has 10 nitrogen and oxygen atoms in total. The summed E-state index contributed by atoms with van der Waals surface area (Å²) in [6, 6.07) is 22.5. The van der Waals surface area contributed by atoms with E-state index in [2.05, 4.69) is 16.0 Å². The van der Waals surface area contributed by atoms with Gasteiger partial charge in [-0.1, -0.05) is 60.7 Å². The number of carbonyl (C=O) groups excluding carboxylic acids is 4. The third-order valence-corrected chi connectivity index (χ3v) is 6.00. The summed E-state index contributed by atoms with van der Waals surface area (Å²) < 4.78 is 26.5. The van der Waals surface area contributed by atoms with Crippen LogP contribution in [0.15, 0.2) is 89.8 Å². The average Bonchev–Trinajstić information content (AvgIpc) is 2.87. The van der Waals surface area contributed by atoms with Crippen LogP contribution < -0.4 is 20.7 Å². The lowest BCUT2D eigenvalue weighted by atomic mass is 10.2. The summed E-state index contributed by atoms with van der Waals surface area (Å²) in [5.74, 6) is -4.24. The zero-order chi connectivity index (χ0) is 25.3. The molecule has 0 bridgehead atoms. The van der Waals surface area contributed by atoms with Gasteiger partial charge in [-0.3, -0.25) is 19.2 Å². The van der Waals surface area contributed by atoms with Gasteiger partial charge in [-0.25, -0.2) is 13.1 Å². The third-order valence-electron chi connectivity index (χ3n) is 4.65. The number of nitrogens with one attached hydrogen (secondary N) is 4. The van der Waals surface area contributed by atoms with Gasteiger partial charge in [-0.15, -0.1) is 0 Å². The van der Waals surface area contributed by atoms with Gasteiger partial charge in [-0.05, 0) is 35.4 Å². The minimum atomic E-state index is -4.34. The predicted molar refractivity (Wildman–Crippen MR) is 127 cm³/mol. The Morgan fingerprint density at radius 2 is 1.03 bits per heavy atom. The van der Waals surface area contributed by atoms with Crippen LogP contribution in [-0.4, -0.2) is 32.0 Å². The first-order valence-electron chi connectivity index (χ1n) is 10.4. The van der Waals surface area contributed by atoms with Crippen molar-refractivity contribution in [2.24, 2.45) is 0 Å². The molecule has 0 aliphatic rings. The Morgan fingerprint density at radius 3 is 1.51 bits per heavy atom. The summed E-state index contributed by atoms with van der Waals surface area (Å²) in [5.41, 5.74) is 1.72. The Labute approximate surface area is 201 Å². The first kappa shape index (κ1) is 25.1. The van der Waals surface area contributed by atoms with Crippen LogP contribution in [0.1, 0.15) is 11.1 Å². The number of benzene rings is 3. The molecule has 180 valence electrons. The Morgan fingerprint density at radius 1 is 0.571 bits per heavy atom. The highest BCUT2D eigenvalue weighted by Crippen LogP contribution is 2.14. The van der Waals surface area contributed by atoms with Gasteiger partial charge in [0, 0.05) is 18.8 Å². The van der Waals surface area contributed by atoms with Crippen molar-refractivity contribution in [1.29, 1.82) is 0 Å². The zero-order valence-electron chi connectivity index (χ0n) is 18.4. The first-order valence-corrected chi connectivity index (χ1v) is 11.8. The lowest BCUT2D eigenvalue weighted by Crippen LogP contribution is -2.42. The number of hydrogen-bond donors (Lipinski definition) is 4. The number of hydrogen-bond acceptors (Lipinski definition) is 6. The Kier molecular flexibility index (Phi) is 8.30. The number of anilines is 1. The highest BCUT2D eigenvalue weighted by atomic mass is 32.2. The summed E-state index contributed by atoms with van der Waals surface area (Å²) in [7, 11) is -4.34. The Hall–Kier alpha value is -4.51. The van der Waals surface area contributed by atoms with Crippen molar-refractivity contribution in [3.05, 3.63) is 96.1 Å². The van der Waals surface area contributed by atoms with Crippen LogP contribution in [0.4, 0.5) is 5.69 Å². The van der Waals surface area contributed by atoms with E-state index in [0.29, 0.717) is 0 Å². The van der Waals surface area contributed by atoms with Crippen LogP contribution in [-0.2, 0) is 42.3 Å². The third kappa shape index (κ3) is 7.51. The molecule has 0 aromatic heterocycles. The minimum Gasteiger partial charge on any atom is -0.344 e. The summed E-state index contributed by atoms with van der Waals surface area (Å²) in [5, 5.41) is 7.16. The fourth-order valence-corrected chi connectivity index (χ4v) is 3.80. The van der Waals surface area contributed by atoms with Gasteiger partial charge in [-0.2, -0.15) is 0 Å². The largest absolute Gasteiger partial charge is 0.344 e. The van der Waals surface area contributed by atoms with Crippen LogP contribution >= 0.6 is 0 Å². The van der Waals surface area contributed by atoms with E-state index in [1.54, 1.807) is 59.3 Å². The lowest BCUT2D eigenvalue weighted by Gasteiger charge is -2.09.